The van der Waals surface area contributed by atoms with Gasteiger partial charge in [-0.15, -0.1) is 0 Å². The van der Waals surface area contributed by atoms with E-state index in [0.717, 1.165) is 26.2 Å². The van der Waals surface area contributed by atoms with Gasteiger partial charge < -0.3 is 50.2 Å². The van der Waals surface area contributed by atoms with Crippen LogP contribution < -0.4 is 5.32 Å². The van der Waals surface area contributed by atoms with Crippen molar-refractivity contribution in [3.05, 3.63) is 0 Å². The first kappa shape index (κ1) is 40.6. The highest BCUT2D eigenvalue weighted by molar-refractivity contribution is 5.76. The van der Waals surface area contributed by atoms with Gasteiger partial charge in [0.25, 0.3) is 5.79 Å². The van der Waals surface area contributed by atoms with Gasteiger partial charge in [0, 0.05) is 20.0 Å². The van der Waals surface area contributed by atoms with E-state index in [1.807, 2.05) is 0 Å². The number of carbonyl (C=O) groups excluding carboxylic acids is 1. The molecular formula is C32H61NO11. The molecule has 0 aromatic heterocycles. The van der Waals surface area contributed by atoms with Gasteiger partial charge in [-0.1, -0.05) is 103 Å². The normalized spacial score (nSPS) is 24.1. The van der Waals surface area contributed by atoms with E-state index in [1.165, 1.54) is 83.5 Å². The molecule has 1 rings (SSSR count). The number of carboxylic acid groups (broad SMARTS) is 1. The van der Waals surface area contributed by atoms with E-state index in [9.17, 15) is 40.2 Å². The molecule has 7 atom stereocenters. The number of ether oxygens (including phenoxy) is 3. The zero-order chi connectivity index (χ0) is 32.8. The number of nitrogens with one attached hydrogen (secondary N) is 1. The van der Waals surface area contributed by atoms with Crippen molar-refractivity contribution in [1.82, 2.24) is 5.32 Å². The maximum atomic E-state index is 12.2. The number of rotatable bonds is 27. The highest BCUT2D eigenvalue weighted by atomic mass is 16.7. The Kier molecular flexibility index (Phi) is 22.1. The minimum atomic E-state index is -2.48. The maximum absolute atomic E-state index is 12.2. The summed E-state index contributed by atoms with van der Waals surface area (Å²) in [6.45, 7) is 2.38. The van der Waals surface area contributed by atoms with E-state index in [4.69, 9.17) is 14.2 Å². The molecule has 0 aromatic carbocycles. The van der Waals surface area contributed by atoms with Crippen LogP contribution in [0.4, 0.5) is 0 Å². The fraction of sp³-hybridized carbons (Fsp3) is 0.938. The fourth-order valence-corrected chi connectivity index (χ4v) is 5.53. The maximum Gasteiger partial charge on any atom is 0.364 e. The van der Waals surface area contributed by atoms with Crippen LogP contribution in [0.3, 0.4) is 0 Å². The molecule has 1 heterocycles. The van der Waals surface area contributed by atoms with Crippen LogP contribution in [-0.2, 0) is 23.8 Å². The van der Waals surface area contributed by atoms with E-state index in [2.05, 4.69) is 12.2 Å². The van der Waals surface area contributed by atoms with E-state index in [-0.39, 0.29) is 6.61 Å². The first-order valence-corrected chi connectivity index (χ1v) is 16.8. The van der Waals surface area contributed by atoms with Crippen molar-refractivity contribution in [2.45, 2.75) is 165 Å². The minimum absolute atomic E-state index is 0.0964. The molecule has 0 aromatic rings. The number of carbonyl (C=O) groups is 2. The second kappa shape index (κ2) is 23.9. The Bertz CT molecular complexity index is 758. The van der Waals surface area contributed by atoms with Crippen molar-refractivity contribution in [3.8, 4) is 0 Å². The molecule has 0 spiro atoms. The van der Waals surface area contributed by atoms with E-state index < -0.39 is 73.9 Å². The lowest BCUT2D eigenvalue weighted by Gasteiger charge is -2.46. The smallest absolute Gasteiger partial charge is 0.364 e. The molecule has 1 aliphatic rings. The average molecular weight is 636 g/mol. The third kappa shape index (κ3) is 16.3. The van der Waals surface area contributed by atoms with Gasteiger partial charge in [0.2, 0.25) is 5.91 Å². The number of carboxylic acids is 1. The molecule has 260 valence electrons. The zero-order valence-electron chi connectivity index (χ0n) is 27.0. The number of hydrogen-bond donors (Lipinski definition) is 7. The predicted octanol–water partition coefficient (Wildman–Crippen LogP) is 2.79. The van der Waals surface area contributed by atoms with Crippen LogP contribution in [0.2, 0.25) is 0 Å². The summed E-state index contributed by atoms with van der Waals surface area (Å²) in [5.41, 5.74) is 0. The lowest BCUT2D eigenvalue weighted by molar-refractivity contribution is -0.315. The minimum Gasteiger partial charge on any atom is -0.477 e. The summed E-state index contributed by atoms with van der Waals surface area (Å²) in [6, 6.07) is -1.28. The van der Waals surface area contributed by atoms with E-state index in [1.54, 1.807) is 0 Å². The van der Waals surface area contributed by atoms with Gasteiger partial charge in [0.15, 0.2) is 0 Å². The Labute approximate surface area is 263 Å². The number of aliphatic hydroxyl groups is 5. The molecule has 7 N–H and O–H groups in total. The van der Waals surface area contributed by atoms with Gasteiger partial charge >= 0.3 is 5.97 Å². The number of hydrogen-bond acceptors (Lipinski definition) is 10. The standard InChI is InChI=1S/C32H61NO11/c1-3-4-5-6-7-8-9-10-11-12-13-14-15-16-17-18-19-42-22-25(36)23-43-32(31(40)41)20-26(37)28(33-24(2)35)30(44-32)29(39)27(38)21-34/h25-30,34,36-39H,3-23H2,1-2H3,(H,33,35)(H,40,41)/t25?,26-,27+,28+,29+,30+,32-/m0/s1. The van der Waals surface area contributed by atoms with Gasteiger partial charge in [-0.3, -0.25) is 4.79 Å². The number of unbranched alkanes of at least 4 members (excludes halogenated alkanes) is 15. The third-order valence-electron chi connectivity index (χ3n) is 8.15. The lowest BCUT2D eigenvalue weighted by Crippen LogP contribution is -2.68. The summed E-state index contributed by atoms with van der Waals surface area (Å²) in [5.74, 6) is -4.70. The number of aliphatic hydroxyl groups excluding tert-OH is 5. The molecule has 0 bridgehead atoms. The quantitative estimate of drug-likeness (QED) is 0.0656. The number of amides is 1. The summed E-state index contributed by atoms with van der Waals surface area (Å²) in [7, 11) is 0. The van der Waals surface area contributed by atoms with Crippen LogP contribution in [0.5, 0.6) is 0 Å². The Balaban J connectivity index is 2.26. The van der Waals surface area contributed by atoms with Gasteiger partial charge in [0.1, 0.15) is 24.4 Å². The largest absolute Gasteiger partial charge is 0.477 e. The Morgan fingerprint density at radius 2 is 1.36 bits per heavy atom. The second-order valence-electron chi connectivity index (χ2n) is 12.2. The predicted molar refractivity (Wildman–Crippen MR) is 165 cm³/mol. The van der Waals surface area contributed by atoms with Crippen LogP contribution in [0.25, 0.3) is 0 Å². The van der Waals surface area contributed by atoms with Crippen molar-refractivity contribution < 1.29 is 54.4 Å². The van der Waals surface area contributed by atoms with Gasteiger partial charge in [-0.05, 0) is 6.42 Å². The summed E-state index contributed by atoms with van der Waals surface area (Å²) < 4.78 is 16.5. The van der Waals surface area contributed by atoms with Crippen molar-refractivity contribution in [1.29, 1.82) is 0 Å². The molecule has 1 saturated heterocycles. The Hall–Kier alpha value is -1.38. The van der Waals surface area contributed by atoms with E-state index >= 15 is 0 Å². The molecule has 1 unspecified atom stereocenters. The molecular weight excluding hydrogens is 574 g/mol. The SMILES string of the molecule is CCCCCCCCCCCCCCCCCCOCC(O)CO[C@@]1(C(=O)O)C[C@H](O)[C@@H](NC(C)=O)[C@H]([C@H](O)[C@H](O)CO)O1. The molecule has 1 amide bonds. The summed E-state index contributed by atoms with van der Waals surface area (Å²) in [4.78, 5) is 23.8. The van der Waals surface area contributed by atoms with Crippen LogP contribution in [0.1, 0.15) is 123 Å². The highest BCUT2D eigenvalue weighted by Crippen LogP contribution is 2.33. The van der Waals surface area contributed by atoms with Crippen LogP contribution in [-0.4, -0.2) is 111 Å². The Morgan fingerprint density at radius 1 is 0.864 bits per heavy atom. The molecule has 0 aliphatic carbocycles. The molecule has 0 saturated carbocycles. The average Bonchev–Trinajstić information content (AvgIpc) is 2.99. The van der Waals surface area contributed by atoms with Gasteiger partial charge in [-0.2, -0.15) is 0 Å². The number of aliphatic carboxylic acids is 1. The van der Waals surface area contributed by atoms with Crippen LogP contribution in [0, 0.1) is 0 Å². The summed E-state index contributed by atoms with van der Waals surface area (Å²) in [6.07, 6.45) is 11.7. The van der Waals surface area contributed by atoms with Crippen molar-refractivity contribution >= 4 is 11.9 Å². The molecule has 12 heteroatoms. The zero-order valence-corrected chi connectivity index (χ0v) is 27.0. The topological polar surface area (TPSA) is 195 Å². The highest BCUT2D eigenvalue weighted by Gasteiger charge is 2.55. The molecule has 1 aliphatic heterocycles. The Morgan fingerprint density at radius 3 is 1.82 bits per heavy atom. The molecule has 1 fully saturated rings. The molecule has 0 radical (unpaired) electrons. The van der Waals surface area contributed by atoms with E-state index in [0.29, 0.717) is 6.61 Å². The van der Waals surface area contributed by atoms with Crippen molar-refractivity contribution in [2.75, 3.05) is 26.4 Å². The molecule has 12 nitrogen and oxygen atoms in total. The van der Waals surface area contributed by atoms with Crippen molar-refractivity contribution in [2.24, 2.45) is 0 Å². The van der Waals surface area contributed by atoms with Crippen LogP contribution >= 0.6 is 0 Å². The third-order valence-corrected chi connectivity index (χ3v) is 8.15. The second-order valence-corrected chi connectivity index (χ2v) is 12.2. The van der Waals surface area contributed by atoms with Crippen LogP contribution in [0.15, 0.2) is 0 Å². The van der Waals surface area contributed by atoms with Gasteiger partial charge in [0.05, 0.1) is 32.0 Å². The summed E-state index contributed by atoms with van der Waals surface area (Å²) in [5, 5.41) is 62.8. The monoisotopic (exact) mass is 635 g/mol. The van der Waals surface area contributed by atoms with Gasteiger partial charge in [-0.25, -0.2) is 4.79 Å². The first-order valence-electron chi connectivity index (χ1n) is 16.8. The molecule has 44 heavy (non-hydrogen) atoms. The fourth-order valence-electron chi connectivity index (χ4n) is 5.53. The van der Waals surface area contributed by atoms with Crippen molar-refractivity contribution in [3.63, 3.8) is 0 Å². The summed E-state index contributed by atoms with van der Waals surface area (Å²) >= 11 is 0. The lowest BCUT2D eigenvalue weighted by atomic mass is 9.88. The first-order chi connectivity index (χ1) is 21.1.